The average molecular weight is 335 g/mol. The van der Waals surface area contributed by atoms with Gasteiger partial charge in [0.2, 0.25) is 0 Å². The summed E-state index contributed by atoms with van der Waals surface area (Å²) in [7, 11) is -3.29. The Morgan fingerprint density at radius 3 is 2.41 bits per heavy atom. The van der Waals surface area contributed by atoms with Crippen LogP contribution < -0.4 is 0 Å². The molecule has 2 saturated heterocycles. The van der Waals surface area contributed by atoms with Crippen LogP contribution in [0, 0.1) is 5.41 Å². The highest BCUT2D eigenvalue weighted by atomic mass is 32.2. The van der Waals surface area contributed by atoms with E-state index >= 15 is 0 Å². The molecule has 2 aliphatic heterocycles. The maximum atomic E-state index is 11.9. The van der Waals surface area contributed by atoms with E-state index in [1.807, 2.05) is 0 Å². The van der Waals surface area contributed by atoms with E-state index in [9.17, 15) is 18.0 Å². The summed E-state index contributed by atoms with van der Waals surface area (Å²) in [5.74, 6) is -1.45. The first-order valence-electron chi connectivity index (χ1n) is 6.94. The molecule has 22 heavy (non-hydrogen) atoms. The number of carboxylic acid groups (broad SMARTS) is 1. The van der Waals surface area contributed by atoms with Crippen molar-refractivity contribution >= 4 is 21.9 Å². The maximum absolute atomic E-state index is 11.9. The summed E-state index contributed by atoms with van der Waals surface area (Å²) in [6.07, 6.45) is -1.20. The van der Waals surface area contributed by atoms with Crippen molar-refractivity contribution in [2.75, 3.05) is 31.2 Å². The highest BCUT2D eigenvalue weighted by Crippen LogP contribution is 2.43. The molecular formula is C13H21NO7S. The lowest BCUT2D eigenvalue weighted by atomic mass is 9.77. The monoisotopic (exact) mass is 335 g/mol. The third-order valence-corrected chi connectivity index (χ3v) is 5.49. The Kier molecular flexibility index (Phi) is 4.16. The quantitative estimate of drug-likeness (QED) is 0.780. The average Bonchev–Trinajstić information content (AvgIpc) is 2.53. The molecule has 8 nitrogen and oxygen atoms in total. The minimum absolute atomic E-state index is 0.0937. The predicted octanol–water partition coefficient (Wildman–Crippen LogP) is 0.122. The Balaban J connectivity index is 2.01. The van der Waals surface area contributed by atoms with E-state index in [-0.39, 0.29) is 24.6 Å². The summed E-state index contributed by atoms with van der Waals surface area (Å²) < 4.78 is 34.1. The number of rotatable bonds is 3. The first-order valence-corrected chi connectivity index (χ1v) is 8.76. The summed E-state index contributed by atoms with van der Waals surface area (Å²) in [6.45, 7) is 5.10. The van der Waals surface area contributed by atoms with Crippen molar-refractivity contribution in [2.24, 2.45) is 5.41 Å². The molecular weight excluding hydrogens is 314 g/mol. The zero-order chi connectivity index (χ0) is 16.8. The predicted molar refractivity (Wildman–Crippen MR) is 76.3 cm³/mol. The van der Waals surface area contributed by atoms with Crippen LogP contribution in [0.4, 0.5) is 4.79 Å². The lowest BCUT2D eigenvalue weighted by Crippen LogP contribution is -2.64. The topological polar surface area (TPSA) is 110 Å². The third kappa shape index (κ3) is 3.70. The Hall–Kier alpha value is -1.35. The molecule has 1 atom stereocenters. The van der Waals surface area contributed by atoms with Crippen molar-refractivity contribution in [3.8, 4) is 0 Å². The molecule has 0 aromatic carbocycles. The molecule has 1 spiro atoms. The van der Waals surface area contributed by atoms with Gasteiger partial charge in [-0.15, -0.1) is 0 Å². The van der Waals surface area contributed by atoms with Crippen molar-refractivity contribution < 1.29 is 32.6 Å². The SMILES string of the molecule is CC(C)(C)OC(=O)N1CC2(C1)CS(=O)(=O)C[C@@H]2OCC(=O)O. The third-order valence-electron chi connectivity index (χ3n) is 3.67. The number of ether oxygens (including phenoxy) is 2. The Labute approximate surface area is 129 Å². The van der Waals surface area contributed by atoms with Gasteiger partial charge in [-0.2, -0.15) is 0 Å². The van der Waals surface area contributed by atoms with E-state index in [0.717, 1.165) is 0 Å². The van der Waals surface area contributed by atoms with E-state index < -0.39 is 45.6 Å². The van der Waals surface area contributed by atoms with Crippen molar-refractivity contribution in [1.29, 1.82) is 0 Å². The molecule has 0 aliphatic carbocycles. The number of carboxylic acids is 1. The van der Waals surface area contributed by atoms with E-state index in [1.54, 1.807) is 20.8 Å². The number of carbonyl (C=O) groups excluding carboxylic acids is 1. The Bertz CT molecular complexity index is 572. The largest absolute Gasteiger partial charge is 0.480 e. The standard InChI is InChI=1S/C13H21NO7S/c1-12(2,3)21-11(17)14-6-13(7-14)8-22(18,19)5-9(13)20-4-10(15)16/h9H,4-8H2,1-3H3,(H,15,16)/t9-/m0/s1. The summed E-state index contributed by atoms with van der Waals surface area (Å²) in [5.41, 5.74) is -1.34. The fourth-order valence-corrected chi connectivity index (χ4v) is 5.13. The summed E-state index contributed by atoms with van der Waals surface area (Å²) in [6, 6.07) is 0. The van der Waals surface area contributed by atoms with Gasteiger partial charge >= 0.3 is 12.1 Å². The van der Waals surface area contributed by atoms with Gasteiger partial charge in [-0.1, -0.05) is 0 Å². The molecule has 126 valence electrons. The van der Waals surface area contributed by atoms with Crippen molar-refractivity contribution in [1.82, 2.24) is 4.90 Å². The van der Waals surface area contributed by atoms with Crippen LogP contribution in [0.3, 0.4) is 0 Å². The van der Waals surface area contributed by atoms with Gasteiger partial charge in [-0.05, 0) is 20.8 Å². The minimum Gasteiger partial charge on any atom is -0.480 e. The van der Waals surface area contributed by atoms with Gasteiger partial charge in [0.05, 0.1) is 17.6 Å². The highest BCUT2D eigenvalue weighted by molar-refractivity contribution is 7.91. The molecule has 0 radical (unpaired) electrons. The summed E-state index contributed by atoms with van der Waals surface area (Å²) >= 11 is 0. The van der Waals surface area contributed by atoms with Gasteiger partial charge in [0, 0.05) is 18.5 Å². The number of carbonyl (C=O) groups is 2. The zero-order valence-corrected chi connectivity index (χ0v) is 13.7. The van der Waals surface area contributed by atoms with Gasteiger partial charge in [0.15, 0.2) is 9.84 Å². The lowest BCUT2D eigenvalue weighted by Gasteiger charge is -2.49. The van der Waals surface area contributed by atoms with Gasteiger partial charge < -0.3 is 19.5 Å². The van der Waals surface area contributed by atoms with Gasteiger partial charge in [-0.25, -0.2) is 18.0 Å². The first-order chi connectivity index (χ1) is 9.92. The molecule has 2 heterocycles. The van der Waals surface area contributed by atoms with E-state index in [2.05, 4.69) is 0 Å². The van der Waals surface area contributed by atoms with Gasteiger partial charge in [0.25, 0.3) is 0 Å². The molecule has 0 unspecified atom stereocenters. The fourth-order valence-electron chi connectivity index (χ4n) is 2.86. The molecule has 2 aliphatic rings. The molecule has 2 fully saturated rings. The number of sulfone groups is 1. The van der Waals surface area contributed by atoms with Crippen LogP contribution in [0.15, 0.2) is 0 Å². The second-order valence-electron chi connectivity index (χ2n) is 6.95. The lowest BCUT2D eigenvalue weighted by molar-refractivity contribution is -0.150. The minimum atomic E-state index is -3.29. The molecule has 1 N–H and O–H groups in total. The van der Waals surface area contributed by atoms with Gasteiger partial charge in [0.1, 0.15) is 12.2 Å². The number of hydrogen-bond acceptors (Lipinski definition) is 6. The zero-order valence-electron chi connectivity index (χ0n) is 12.9. The van der Waals surface area contributed by atoms with Crippen molar-refractivity contribution in [2.45, 2.75) is 32.5 Å². The molecule has 2 rings (SSSR count). The van der Waals surface area contributed by atoms with Crippen LogP contribution in [0.2, 0.25) is 0 Å². The van der Waals surface area contributed by atoms with Crippen molar-refractivity contribution in [3.63, 3.8) is 0 Å². The van der Waals surface area contributed by atoms with Crippen LogP contribution >= 0.6 is 0 Å². The molecule has 0 aromatic heterocycles. The summed E-state index contributed by atoms with van der Waals surface area (Å²) in [5, 5.41) is 8.67. The highest BCUT2D eigenvalue weighted by Gasteiger charge is 2.59. The maximum Gasteiger partial charge on any atom is 0.410 e. The fraction of sp³-hybridized carbons (Fsp3) is 0.846. The molecule has 0 saturated carbocycles. The van der Waals surface area contributed by atoms with E-state index in [4.69, 9.17) is 14.6 Å². The number of aliphatic carboxylic acids is 1. The smallest absolute Gasteiger partial charge is 0.410 e. The Morgan fingerprint density at radius 2 is 1.91 bits per heavy atom. The molecule has 0 aromatic rings. The van der Waals surface area contributed by atoms with Crippen LogP contribution in [0.5, 0.6) is 0 Å². The summed E-state index contributed by atoms with van der Waals surface area (Å²) in [4.78, 5) is 24.0. The normalized spacial score (nSPS) is 25.8. The van der Waals surface area contributed by atoms with E-state index in [0.29, 0.717) is 0 Å². The second-order valence-corrected chi connectivity index (χ2v) is 9.06. The van der Waals surface area contributed by atoms with Crippen LogP contribution in [-0.2, 0) is 24.1 Å². The first kappa shape index (κ1) is 17.0. The number of hydrogen-bond donors (Lipinski definition) is 1. The molecule has 1 amide bonds. The van der Waals surface area contributed by atoms with Gasteiger partial charge in [-0.3, -0.25) is 0 Å². The van der Waals surface area contributed by atoms with Crippen LogP contribution in [0.25, 0.3) is 0 Å². The number of likely N-dealkylation sites (tertiary alicyclic amines) is 1. The van der Waals surface area contributed by atoms with Crippen molar-refractivity contribution in [3.05, 3.63) is 0 Å². The second kappa shape index (κ2) is 5.38. The number of amides is 1. The van der Waals surface area contributed by atoms with Crippen LogP contribution in [-0.4, -0.2) is 73.4 Å². The molecule has 0 bridgehead atoms. The Morgan fingerprint density at radius 1 is 1.32 bits per heavy atom. The van der Waals surface area contributed by atoms with Crippen LogP contribution in [0.1, 0.15) is 20.8 Å². The number of nitrogens with zero attached hydrogens (tertiary/aromatic N) is 1. The molecule has 9 heteroatoms. The van der Waals surface area contributed by atoms with E-state index in [1.165, 1.54) is 4.90 Å².